The van der Waals surface area contributed by atoms with E-state index in [1.165, 1.54) is 5.56 Å². The number of rotatable bonds is 4. The monoisotopic (exact) mass is 368 g/mol. The number of nitrogens with two attached hydrogens (primary N) is 1. The first-order valence-electron chi connectivity index (χ1n) is 8.88. The Kier molecular flexibility index (Phi) is 6.96. The van der Waals surface area contributed by atoms with Crippen LogP contribution in [0.4, 0.5) is 0 Å². The smallest absolute Gasteiger partial charge is 0.225 e. The topological polar surface area (TPSA) is 64.8 Å². The van der Waals surface area contributed by atoms with Crippen LogP contribution in [-0.4, -0.2) is 44.2 Å². The molecule has 1 saturated carbocycles. The van der Waals surface area contributed by atoms with Gasteiger partial charge < -0.3 is 20.1 Å². The minimum Gasteiger partial charge on any atom is -0.497 e. The van der Waals surface area contributed by atoms with E-state index in [2.05, 4.69) is 12.1 Å². The Labute approximate surface area is 156 Å². The third-order valence-corrected chi connectivity index (χ3v) is 5.41. The molecule has 1 saturated heterocycles. The van der Waals surface area contributed by atoms with Gasteiger partial charge >= 0.3 is 0 Å². The van der Waals surface area contributed by atoms with Gasteiger partial charge in [0.2, 0.25) is 5.91 Å². The van der Waals surface area contributed by atoms with Gasteiger partial charge in [-0.15, -0.1) is 12.4 Å². The van der Waals surface area contributed by atoms with Crippen molar-refractivity contribution in [1.29, 1.82) is 0 Å². The highest BCUT2D eigenvalue weighted by Crippen LogP contribution is 2.34. The number of ether oxygens (including phenoxy) is 2. The Morgan fingerprint density at radius 2 is 1.80 bits per heavy atom. The summed E-state index contributed by atoms with van der Waals surface area (Å²) in [6, 6.07) is 6.17. The predicted octanol–water partition coefficient (Wildman–Crippen LogP) is 2.96. The van der Waals surface area contributed by atoms with Gasteiger partial charge in [0.25, 0.3) is 0 Å². The molecule has 0 bridgehead atoms. The van der Waals surface area contributed by atoms with Gasteiger partial charge in [0.15, 0.2) is 0 Å². The van der Waals surface area contributed by atoms with Gasteiger partial charge in [-0.1, -0.05) is 6.42 Å². The SMILES string of the molecule is COc1cc(OC)cc(C2CCN(C(=O)C3CCCC(N)C3)C2)c1.Cl. The number of carbonyl (C=O) groups excluding carboxylic acids is 1. The first kappa shape index (κ1) is 19.9. The molecule has 0 aromatic heterocycles. The van der Waals surface area contributed by atoms with Gasteiger partial charge in [-0.2, -0.15) is 0 Å². The third kappa shape index (κ3) is 4.59. The fourth-order valence-corrected chi connectivity index (χ4v) is 4.01. The van der Waals surface area contributed by atoms with Crippen molar-refractivity contribution in [2.45, 2.75) is 44.1 Å². The van der Waals surface area contributed by atoms with Crippen LogP contribution in [0.15, 0.2) is 18.2 Å². The molecule has 3 rings (SSSR count). The molecule has 1 heterocycles. The lowest BCUT2D eigenvalue weighted by Crippen LogP contribution is -2.39. The Morgan fingerprint density at radius 3 is 2.40 bits per heavy atom. The molecule has 6 heteroatoms. The van der Waals surface area contributed by atoms with Crippen LogP contribution in [0.25, 0.3) is 0 Å². The van der Waals surface area contributed by atoms with Crippen molar-refractivity contribution < 1.29 is 14.3 Å². The number of benzene rings is 1. The molecule has 0 radical (unpaired) electrons. The highest BCUT2D eigenvalue weighted by atomic mass is 35.5. The highest BCUT2D eigenvalue weighted by Gasteiger charge is 2.33. The van der Waals surface area contributed by atoms with Crippen LogP contribution >= 0.6 is 12.4 Å². The summed E-state index contributed by atoms with van der Waals surface area (Å²) in [7, 11) is 3.32. The highest BCUT2D eigenvalue weighted by molar-refractivity contribution is 5.85. The molecule has 140 valence electrons. The predicted molar refractivity (Wildman–Crippen MR) is 101 cm³/mol. The summed E-state index contributed by atoms with van der Waals surface area (Å²) in [4.78, 5) is 14.8. The lowest BCUT2D eigenvalue weighted by atomic mass is 9.85. The van der Waals surface area contributed by atoms with Crippen LogP contribution < -0.4 is 15.2 Å². The quantitative estimate of drug-likeness (QED) is 0.887. The molecule has 25 heavy (non-hydrogen) atoms. The molecule has 1 amide bonds. The second-order valence-electron chi connectivity index (χ2n) is 7.04. The molecule has 0 spiro atoms. The van der Waals surface area contributed by atoms with Gasteiger partial charge in [0.05, 0.1) is 14.2 Å². The van der Waals surface area contributed by atoms with Crippen LogP contribution in [0.1, 0.15) is 43.6 Å². The van der Waals surface area contributed by atoms with Crippen molar-refractivity contribution in [1.82, 2.24) is 4.90 Å². The van der Waals surface area contributed by atoms with Gasteiger partial charge in [0.1, 0.15) is 11.5 Å². The lowest BCUT2D eigenvalue weighted by molar-refractivity contribution is -0.135. The lowest BCUT2D eigenvalue weighted by Gasteiger charge is -2.29. The third-order valence-electron chi connectivity index (χ3n) is 5.41. The Bertz CT molecular complexity index is 574. The molecule has 5 nitrogen and oxygen atoms in total. The fourth-order valence-electron chi connectivity index (χ4n) is 4.01. The summed E-state index contributed by atoms with van der Waals surface area (Å²) in [5.74, 6) is 2.35. The Hall–Kier alpha value is -1.46. The standard InChI is InChI=1S/C19H28N2O3.ClH/c1-23-17-9-15(10-18(11-17)24-2)14-6-7-21(12-14)19(22)13-4-3-5-16(20)8-13;/h9-11,13-14,16H,3-8,12,20H2,1-2H3;1H. The van der Waals surface area contributed by atoms with Gasteiger partial charge in [-0.05, 0) is 43.4 Å². The minimum absolute atomic E-state index is 0. The number of carbonyl (C=O) groups is 1. The largest absolute Gasteiger partial charge is 0.497 e. The number of nitrogens with zero attached hydrogens (tertiary/aromatic N) is 1. The van der Waals surface area contributed by atoms with E-state index in [4.69, 9.17) is 15.2 Å². The van der Waals surface area contributed by atoms with E-state index in [1.807, 2.05) is 11.0 Å². The normalized spacial score (nSPS) is 26.0. The van der Waals surface area contributed by atoms with E-state index in [-0.39, 0.29) is 24.4 Å². The van der Waals surface area contributed by atoms with Gasteiger partial charge in [-0.3, -0.25) is 4.79 Å². The number of likely N-dealkylation sites (tertiary alicyclic amines) is 1. The first-order chi connectivity index (χ1) is 11.6. The van der Waals surface area contributed by atoms with E-state index in [0.717, 1.165) is 56.7 Å². The number of methoxy groups -OCH3 is 2. The first-order valence-corrected chi connectivity index (χ1v) is 8.88. The van der Waals surface area contributed by atoms with Crippen molar-refractivity contribution in [2.24, 2.45) is 11.7 Å². The molecule has 2 fully saturated rings. The van der Waals surface area contributed by atoms with Crippen molar-refractivity contribution in [3.8, 4) is 11.5 Å². The zero-order valence-corrected chi connectivity index (χ0v) is 15.9. The van der Waals surface area contributed by atoms with E-state index >= 15 is 0 Å². The second kappa shape index (κ2) is 8.77. The molecule has 1 aromatic carbocycles. The van der Waals surface area contributed by atoms with Crippen LogP contribution in [-0.2, 0) is 4.79 Å². The summed E-state index contributed by atoms with van der Waals surface area (Å²) in [5.41, 5.74) is 7.23. The molecule has 1 aromatic rings. The van der Waals surface area contributed by atoms with Gasteiger partial charge in [-0.25, -0.2) is 0 Å². The van der Waals surface area contributed by atoms with Crippen LogP contribution in [0.2, 0.25) is 0 Å². The maximum Gasteiger partial charge on any atom is 0.225 e. The average molecular weight is 369 g/mol. The van der Waals surface area contributed by atoms with Crippen molar-refractivity contribution in [2.75, 3.05) is 27.3 Å². The molecular formula is C19H29ClN2O3. The van der Waals surface area contributed by atoms with E-state index in [0.29, 0.717) is 11.8 Å². The summed E-state index contributed by atoms with van der Waals surface area (Å²) in [5, 5.41) is 0. The maximum atomic E-state index is 12.8. The van der Waals surface area contributed by atoms with E-state index in [1.54, 1.807) is 14.2 Å². The Morgan fingerprint density at radius 1 is 1.12 bits per heavy atom. The summed E-state index contributed by atoms with van der Waals surface area (Å²) < 4.78 is 10.7. The molecule has 1 aliphatic heterocycles. The molecule has 2 N–H and O–H groups in total. The second-order valence-corrected chi connectivity index (χ2v) is 7.04. The summed E-state index contributed by atoms with van der Waals surface area (Å²) in [6.07, 6.45) is 4.94. The van der Waals surface area contributed by atoms with E-state index < -0.39 is 0 Å². The van der Waals surface area contributed by atoms with Crippen LogP contribution in [0.3, 0.4) is 0 Å². The van der Waals surface area contributed by atoms with Crippen LogP contribution in [0.5, 0.6) is 11.5 Å². The average Bonchev–Trinajstić information content (AvgIpc) is 3.10. The molecular weight excluding hydrogens is 340 g/mol. The molecule has 2 aliphatic rings. The van der Waals surface area contributed by atoms with Crippen molar-refractivity contribution in [3.05, 3.63) is 23.8 Å². The fraction of sp³-hybridized carbons (Fsp3) is 0.632. The summed E-state index contributed by atoms with van der Waals surface area (Å²) >= 11 is 0. The molecule has 3 unspecified atom stereocenters. The Balaban J connectivity index is 0.00000225. The van der Waals surface area contributed by atoms with Crippen molar-refractivity contribution in [3.63, 3.8) is 0 Å². The molecule has 1 aliphatic carbocycles. The van der Waals surface area contributed by atoms with Crippen molar-refractivity contribution >= 4 is 18.3 Å². The zero-order valence-electron chi connectivity index (χ0n) is 15.1. The number of hydrogen-bond donors (Lipinski definition) is 1. The van der Waals surface area contributed by atoms with Crippen LogP contribution in [0, 0.1) is 5.92 Å². The zero-order chi connectivity index (χ0) is 17.1. The maximum absolute atomic E-state index is 12.8. The minimum atomic E-state index is 0. The number of hydrogen-bond acceptors (Lipinski definition) is 4. The molecule has 3 atom stereocenters. The number of amides is 1. The van der Waals surface area contributed by atoms with Gasteiger partial charge in [0, 0.05) is 37.0 Å². The summed E-state index contributed by atoms with van der Waals surface area (Å²) in [6.45, 7) is 1.61. The number of halogens is 1. The van der Waals surface area contributed by atoms with E-state index in [9.17, 15) is 4.79 Å².